The Hall–Kier alpha value is -3.03. The Balaban J connectivity index is 1.94. The van der Waals surface area contributed by atoms with E-state index in [0.29, 0.717) is 5.75 Å². The van der Waals surface area contributed by atoms with E-state index in [1.54, 1.807) is 6.07 Å². The third-order valence-corrected chi connectivity index (χ3v) is 5.62. The van der Waals surface area contributed by atoms with E-state index >= 15 is 0 Å². The molecular formula is C21H18O7. The van der Waals surface area contributed by atoms with E-state index < -0.39 is 34.8 Å². The van der Waals surface area contributed by atoms with Gasteiger partial charge in [0.15, 0.2) is 17.3 Å². The average molecular weight is 382 g/mol. The number of benzene rings is 2. The molecule has 7 heteroatoms. The van der Waals surface area contributed by atoms with Crippen LogP contribution in [0.25, 0.3) is 0 Å². The summed E-state index contributed by atoms with van der Waals surface area (Å²) in [6, 6.07) is 5.86. The van der Waals surface area contributed by atoms with Crippen LogP contribution in [0.1, 0.15) is 62.4 Å². The molecular weight excluding hydrogens is 364 g/mol. The van der Waals surface area contributed by atoms with Crippen LogP contribution in [0.15, 0.2) is 24.3 Å². The third-order valence-electron chi connectivity index (χ3n) is 5.62. The molecule has 144 valence electrons. The topological polar surface area (TPSA) is 121 Å². The number of aromatic hydroxyl groups is 1. The van der Waals surface area contributed by atoms with Gasteiger partial charge in [0.05, 0.1) is 18.8 Å². The van der Waals surface area contributed by atoms with Crippen molar-refractivity contribution < 1.29 is 34.4 Å². The maximum atomic E-state index is 13.0. The minimum absolute atomic E-state index is 0.0149. The zero-order valence-electron chi connectivity index (χ0n) is 15.3. The Morgan fingerprint density at radius 2 is 1.86 bits per heavy atom. The highest BCUT2D eigenvalue weighted by atomic mass is 16.5. The van der Waals surface area contributed by atoms with E-state index in [0.717, 1.165) is 0 Å². The van der Waals surface area contributed by atoms with Crippen LogP contribution in [0, 0.1) is 0 Å². The van der Waals surface area contributed by atoms with Gasteiger partial charge in [0.1, 0.15) is 17.1 Å². The summed E-state index contributed by atoms with van der Waals surface area (Å²) < 4.78 is 5.11. The van der Waals surface area contributed by atoms with Gasteiger partial charge in [-0.2, -0.15) is 0 Å². The van der Waals surface area contributed by atoms with Gasteiger partial charge in [-0.1, -0.05) is 0 Å². The molecule has 2 aliphatic carbocycles. The molecule has 0 bridgehead atoms. The number of phenolic OH excluding ortho intramolecular Hbond substituents is 1. The van der Waals surface area contributed by atoms with Gasteiger partial charge >= 0.3 is 0 Å². The van der Waals surface area contributed by atoms with Crippen LogP contribution in [0.3, 0.4) is 0 Å². The zero-order valence-corrected chi connectivity index (χ0v) is 15.3. The Bertz CT molecular complexity index is 1070. The quantitative estimate of drug-likeness (QED) is 0.614. The number of ether oxygens (including phenoxy) is 1. The summed E-state index contributed by atoms with van der Waals surface area (Å²) in [6.45, 7) is 1.22. The maximum absolute atomic E-state index is 13.0. The van der Waals surface area contributed by atoms with E-state index in [2.05, 4.69) is 0 Å². The van der Waals surface area contributed by atoms with Crippen molar-refractivity contribution in [1.82, 2.24) is 0 Å². The number of carbonyl (C=O) groups excluding carboxylic acids is 3. The molecule has 2 aromatic rings. The van der Waals surface area contributed by atoms with Gasteiger partial charge < -0.3 is 20.1 Å². The smallest absolute Gasteiger partial charge is 0.198 e. The number of fused-ring (bicyclic) bond motifs is 3. The second-order valence-electron chi connectivity index (χ2n) is 7.27. The van der Waals surface area contributed by atoms with E-state index in [1.807, 2.05) is 0 Å². The van der Waals surface area contributed by atoms with Crippen molar-refractivity contribution in [2.45, 2.75) is 31.5 Å². The van der Waals surface area contributed by atoms with Crippen molar-refractivity contribution in [2.24, 2.45) is 0 Å². The molecule has 0 heterocycles. The highest BCUT2D eigenvalue weighted by Gasteiger charge is 2.44. The van der Waals surface area contributed by atoms with E-state index in [9.17, 15) is 29.7 Å². The van der Waals surface area contributed by atoms with Gasteiger partial charge in [0.25, 0.3) is 0 Å². The Morgan fingerprint density at radius 3 is 2.50 bits per heavy atom. The van der Waals surface area contributed by atoms with E-state index in [4.69, 9.17) is 4.74 Å². The summed E-state index contributed by atoms with van der Waals surface area (Å²) >= 11 is 0. The number of hydrogen-bond acceptors (Lipinski definition) is 7. The van der Waals surface area contributed by atoms with Crippen LogP contribution in [0.2, 0.25) is 0 Å². The number of carbonyl (C=O) groups is 3. The summed E-state index contributed by atoms with van der Waals surface area (Å²) in [5.74, 6) is -1.63. The summed E-state index contributed by atoms with van der Waals surface area (Å²) in [7, 11) is 1.44. The SMILES string of the molecule is COc1ccc2c(c1)C(=O)c1c(cc3c(c1O)[C@@H](O)C[C@@](O)(C(C)=O)C3)C2=O. The second-order valence-corrected chi connectivity index (χ2v) is 7.27. The Labute approximate surface area is 160 Å². The number of rotatable bonds is 2. The highest BCUT2D eigenvalue weighted by Crippen LogP contribution is 2.45. The molecule has 3 N–H and O–H groups in total. The highest BCUT2D eigenvalue weighted by molar-refractivity contribution is 6.29. The fraction of sp³-hybridized carbons (Fsp3) is 0.286. The molecule has 28 heavy (non-hydrogen) atoms. The first-order valence-electron chi connectivity index (χ1n) is 8.75. The molecule has 0 saturated heterocycles. The van der Waals surface area contributed by atoms with Crippen LogP contribution in [0.5, 0.6) is 11.5 Å². The zero-order chi connectivity index (χ0) is 20.4. The molecule has 4 rings (SSSR count). The van der Waals surface area contributed by atoms with Crippen molar-refractivity contribution in [3.8, 4) is 11.5 Å². The molecule has 0 amide bonds. The number of phenols is 1. The molecule has 0 saturated carbocycles. The van der Waals surface area contributed by atoms with Gasteiger partial charge in [-0.15, -0.1) is 0 Å². The minimum Gasteiger partial charge on any atom is -0.507 e. The van der Waals surface area contributed by atoms with Gasteiger partial charge in [-0.3, -0.25) is 14.4 Å². The van der Waals surface area contributed by atoms with Gasteiger partial charge in [-0.05, 0) is 36.8 Å². The lowest BCUT2D eigenvalue weighted by Crippen LogP contribution is -2.44. The lowest BCUT2D eigenvalue weighted by atomic mass is 9.73. The summed E-state index contributed by atoms with van der Waals surface area (Å²) in [6.07, 6.45) is -1.81. The standard InChI is InChI=1S/C21H18O7/c1-9(22)21(27)7-10-5-14-17(20(26)16(10)15(23)8-21)19(25)13-6-11(28-2)3-4-12(13)18(14)24/h3-6,15,23,26-27H,7-8H2,1-2H3/t15-,21+/m0/s1. The van der Waals surface area contributed by atoms with Crippen molar-refractivity contribution in [1.29, 1.82) is 0 Å². The number of ketones is 3. The number of Topliss-reactive ketones (excluding diaryl/α,β-unsaturated/α-hetero) is 1. The first-order valence-corrected chi connectivity index (χ1v) is 8.75. The Kier molecular flexibility index (Phi) is 3.92. The van der Waals surface area contributed by atoms with Crippen LogP contribution >= 0.6 is 0 Å². The summed E-state index contributed by atoms with van der Waals surface area (Å²) in [5.41, 5.74) is -1.37. The van der Waals surface area contributed by atoms with Crippen molar-refractivity contribution in [3.05, 3.63) is 57.6 Å². The number of aliphatic hydroxyl groups excluding tert-OH is 1. The maximum Gasteiger partial charge on any atom is 0.198 e. The number of hydrogen-bond donors (Lipinski definition) is 3. The molecule has 0 aliphatic heterocycles. The molecule has 2 aromatic carbocycles. The Morgan fingerprint density at radius 1 is 1.14 bits per heavy atom. The summed E-state index contributed by atoms with van der Waals surface area (Å²) in [5, 5.41) is 31.8. The molecule has 7 nitrogen and oxygen atoms in total. The van der Waals surface area contributed by atoms with E-state index in [1.165, 1.54) is 32.2 Å². The van der Waals surface area contributed by atoms with Crippen molar-refractivity contribution in [2.75, 3.05) is 7.11 Å². The molecule has 2 aliphatic rings. The molecule has 2 atom stereocenters. The third kappa shape index (κ3) is 2.40. The van der Waals surface area contributed by atoms with Gasteiger partial charge in [-0.25, -0.2) is 0 Å². The molecule has 0 fully saturated rings. The molecule has 0 spiro atoms. The number of methoxy groups -OCH3 is 1. The minimum atomic E-state index is -1.79. The van der Waals surface area contributed by atoms with Crippen LogP contribution in [-0.2, 0) is 11.2 Å². The van der Waals surface area contributed by atoms with Gasteiger partial charge in [0, 0.05) is 35.1 Å². The van der Waals surface area contributed by atoms with Gasteiger partial charge in [0.2, 0.25) is 0 Å². The fourth-order valence-electron chi connectivity index (χ4n) is 4.06. The number of aliphatic hydroxyl groups is 2. The molecule has 0 aromatic heterocycles. The average Bonchev–Trinajstić information content (AvgIpc) is 2.64. The first-order chi connectivity index (χ1) is 13.2. The first kappa shape index (κ1) is 18.3. The summed E-state index contributed by atoms with van der Waals surface area (Å²) in [4.78, 5) is 37.8. The monoisotopic (exact) mass is 382 g/mol. The van der Waals surface area contributed by atoms with Crippen LogP contribution in [-0.4, -0.2) is 45.4 Å². The lowest BCUT2D eigenvalue weighted by Gasteiger charge is -2.36. The predicted octanol–water partition coefficient (Wildman–Crippen LogP) is 1.48. The van der Waals surface area contributed by atoms with Crippen LogP contribution in [0.4, 0.5) is 0 Å². The van der Waals surface area contributed by atoms with Crippen molar-refractivity contribution >= 4 is 17.3 Å². The van der Waals surface area contributed by atoms with E-state index in [-0.39, 0.29) is 46.2 Å². The fourth-order valence-corrected chi connectivity index (χ4v) is 4.06. The normalized spacial score (nSPS) is 22.9. The molecule has 0 unspecified atom stereocenters. The molecule has 0 radical (unpaired) electrons. The van der Waals surface area contributed by atoms with Crippen molar-refractivity contribution in [3.63, 3.8) is 0 Å². The second kappa shape index (κ2) is 5.98. The van der Waals surface area contributed by atoms with Crippen LogP contribution < -0.4 is 4.74 Å². The predicted molar refractivity (Wildman–Crippen MR) is 96.9 cm³/mol. The largest absolute Gasteiger partial charge is 0.507 e. The lowest BCUT2D eigenvalue weighted by molar-refractivity contribution is -0.139.